The van der Waals surface area contributed by atoms with Gasteiger partial charge in [0.15, 0.2) is 0 Å². The lowest BCUT2D eigenvalue weighted by molar-refractivity contribution is -0.890. The standard InChI is InChI=1S/C19H37NO7S/c1-7-8-12-26-17(21)16(2)15-19(3,4)18(22)27-13-11-20(5,6)10-9-14-28(23,24)25/h16H,7-15H2,1-6H3. The van der Waals surface area contributed by atoms with Gasteiger partial charge in [-0.2, -0.15) is 0 Å². The molecule has 0 aliphatic carbocycles. The molecule has 0 rings (SSSR count). The molecular formula is C19H37NO7S. The van der Waals surface area contributed by atoms with E-state index in [4.69, 9.17) is 9.47 Å². The highest BCUT2D eigenvalue weighted by Crippen LogP contribution is 2.28. The summed E-state index contributed by atoms with van der Waals surface area (Å²) in [5, 5.41) is 0. The highest BCUT2D eigenvalue weighted by molar-refractivity contribution is 7.85. The Labute approximate surface area is 169 Å². The zero-order chi connectivity index (χ0) is 22.0. The third kappa shape index (κ3) is 12.3. The Kier molecular flexibility index (Phi) is 11.2. The maximum absolute atomic E-state index is 12.4. The predicted octanol–water partition coefficient (Wildman–Crippen LogP) is 1.94. The smallest absolute Gasteiger partial charge is 0.311 e. The fourth-order valence-electron chi connectivity index (χ4n) is 2.75. The van der Waals surface area contributed by atoms with E-state index in [9.17, 15) is 22.6 Å². The highest BCUT2D eigenvalue weighted by Gasteiger charge is 2.34. The first-order valence-electron chi connectivity index (χ1n) is 9.79. The van der Waals surface area contributed by atoms with Gasteiger partial charge in [0.05, 0.1) is 48.7 Å². The lowest BCUT2D eigenvalue weighted by Crippen LogP contribution is -2.44. The highest BCUT2D eigenvalue weighted by atomic mass is 32.2. The van der Waals surface area contributed by atoms with Gasteiger partial charge in [-0.3, -0.25) is 9.59 Å². The zero-order valence-corrected chi connectivity index (χ0v) is 19.0. The summed E-state index contributed by atoms with van der Waals surface area (Å²) in [6.45, 7) is 8.79. The fraction of sp³-hybridized carbons (Fsp3) is 0.895. The lowest BCUT2D eigenvalue weighted by atomic mass is 9.83. The SMILES string of the molecule is CCCCOC(=O)C(C)CC(C)(C)C(=O)OCC[N+](C)(C)CCCS(=O)(=O)[O-]. The second-order valence-corrected chi connectivity index (χ2v) is 10.2. The van der Waals surface area contributed by atoms with Crippen molar-refractivity contribution in [1.29, 1.82) is 0 Å². The van der Waals surface area contributed by atoms with E-state index >= 15 is 0 Å². The molecular weight excluding hydrogens is 386 g/mol. The van der Waals surface area contributed by atoms with Crippen molar-refractivity contribution in [2.75, 3.05) is 46.2 Å². The van der Waals surface area contributed by atoms with Crippen LogP contribution in [0.2, 0.25) is 0 Å². The summed E-state index contributed by atoms with van der Waals surface area (Å²) in [7, 11) is -0.450. The molecule has 9 heteroatoms. The van der Waals surface area contributed by atoms with E-state index in [1.807, 2.05) is 21.0 Å². The van der Waals surface area contributed by atoms with Crippen LogP contribution in [0, 0.1) is 11.3 Å². The number of carbonyl (C=O) groups is 2. The van der Waals surface area contributed by atoms with E-state index in [2.05, 4.69) is 0 Å². The number of ether oxygens (including phenoxy) is 2. The van der Waals surface area contributed by atoms with Gasteiger partial charge < -0.3 is 18.5 Å². The molecule has 0 radical (unpaired) electrons. The Morgan fingerprint density at radius 3 is 2.21 bits per heavy atom. The Morgan fingerprint density at radius 2 is 1.68 bits per heavy atom. The van der Waals surface area contributed by atoms with Crippen molar-refractivity contribution in [3.63, 3.8) is 0 Å². The summed E-state index contributed by atoms with van der Waals surface area (Å²) in [5.74, 6) is -1.49. The second-order valence-electron chi connectivity index (χ2n) is 8.64. The Bertz CT molecular complexity index is 599. The Balaban J connectivity index is 4.38. The molecule has 0 aromatic heterocycles. The molecule has 0 aromatic rings. The van der Waals surface area contributed by atoms with Crippen molar-refractivity contribution >= 4 is 22.1 Å². The van der Waals surface area contributed by atoms with E-state index in [1.54, 1.807) is 20.8 Å². The van der Waals surface area contributed by atoms with Crippen LogP contribution in [0.1, 0.15) is 53.4 Å². The van der Waals surface area contributed by atoms with Crippen LogP contribution in [0.5, 0.6) is 0 Å². The number of nitrogens with zero attached hydrogens (tertiary/aromatic N) is 1. The minimum atomic E-state index is -4.21. The molecule has 0 aliphatic heterocycles. The van der Waals surface area contributed by atoms with Crippen LogP contribution < -0.4 is 0 Å². The minimum absolute atomic E-state index is 0.175. The number of esters is 2. The van der Waals surface area contributed by atoms with Crippen LogP contribution in [0.15, 0.2) is 0 Å². The summed E-state index contributed by atoms with van der Waals surface area (Å²) in [6.07, 6.45) is 2.35. The molecule has 0 saturated heterocycles. The van der Waals surface area contributed by atoms with E-state index in [0.29, 0.717) is 30.6 Å². The van der Waals surface area contributed by atoms with Gasteiger partial charge in [-0.25, -0.2) is 8.42 Å². The first-order chi connectivity index (χ1) is 12.7. The fourth-order valence-corrected chi connectivity index (χ4v) is 3.24. The van der Waals surface area contributed by atoms with Gasteiger partial charge in [0.25, 0.3) is 0 Å². The molecule has 0 N–H and O–H groups in total. The maximum Gasteiger partial charge on any atom is 0.311 e. The Morgan fingerprint density at radius 1 is 1.07 bits per heavy atom. The minimum Gasteiger partial charge on any atom is -0.748 e. The van der Waals surface area contributed by atoms with Crippen LogP contribution in [-0.4, -0.2) is 75.5 Å². The molecule has 1 unspecified atom stereocenters. The molecule has 8 nitrogen and oxygen atoms in total. The topological polar surface area (TPSA) is 110 Å². The molecule has 0 spiro atoms. The number of likely N-dealkylation sites (N-methyl/N-ethyl adjacent to an activating group) is 1. The second kappa shape index (κ2) is 11.7. The van der Waals surface area contributed by atoms with Gasteiger partial charge in [0.2, 0.25) is 0 Å². The van der Waals surface area contributed by atoms with Crippen LogP contribution in [0.4, 0.5) is 0 Å². The summed E-state index contributed by atoms with van der Waals surface area (Å²) in [4.78, 5) is 24.4. The van der Waals surface area contributed by atoms with Crippen molar-refractivity contribution < 1.29 is 36.5 Å². The first-order valence-corrected chi connectivity index (χ1v) is 11.4. The number of hydrogen-bond donors (Lipinski definition) is 0. The molecule has 0 saturated carbocycles. The summed E-state index contributed by atoms with van der Waals surface area (Å²) in [6, 6.07) is 0. The van der Waals surface area contributed by atoms with Crippen LogP contribution in [-0.2, 0) is 29.2 Å². The molecule has 0 heterocycles. The van der Waals surface area contributed by atoms with Crippen LogP contribution >= 0.6 is 0 Å². The van der Waals surface area contributed by atoms with Crippen molar-refractivity contribution in [3.05, 3.63) is 0 Å². The molecule has 166 valence electrons. The molecule has 0 aliphatic rings. The Hall–Kier alpha value is -1.19. The first kappa shape index (κ1) is 26.8. The third-order valence-corrected chi connectivity index (χ3v) is 5.39. The number of quaternary nitrogens is 1. The van der Waals surface area contributed by atoms with Crippen molar-refractivity contribution in [1.82, 2.24) is 0 Å². The number of hydrogen-bond acceptors (Lipinski definition) is 7. The molecule has 1 atom stereocenters. The number of rotatable bonds is 14. The molecule has 0 amide bonds. The van der Waals surface area contributed by atoms with Crippen molar-refractivity contribution in [2.45, 2.75) is 53.4 Å². The largest absolute Gasteiger partial charge is 0.748 e. The van der Waals surface area contributed by atoms with Crippen LogP contribution in [0.3, 0.4) is 0 Å². The van der Waals surface area contributed by atoms with Gasteiger partial charge in [0, 0.05) is 12.2 Å². The van der Waals surface area contributed by atoms with Gasteiger partial charge in [-0.1, -0.05) is 20.3 Å². The average Bonchev–Trinajstić information content (AvgIpc) is 2.52. The predicted molar refractivity (Wildman–Crippen MR) is 105 cm³/mol. The summed E-state index contributed by atoms with van der Waals surface area (Å²) < 4.78 is 43.0. The lowest BCUT2D eigenvalue weighted by Gasteiger charge is -2.31. The van der Waals surface area contributed by atoms with Gasteiger partial charge in [0.1, 0.15) is 13.2 Å². The third-order valence-electron chi connectivity index (χ3n) is 4.60. The van der Waals surface area contributed by atoms with Crippen molar-refractivity contribution in [3.8, 4) is 0 Å². The number of unbranched alkanes of at least 4 members (excludes halogenated alkanes) is 1. The summed E-state index contributed by atoms with van der Waals surface area (Å²) >= 11 is 0. The van der Waals surface area contributed by atoms with E-state index < -0.39 is 27.2 Å². The van der Waals surface area contributed by atoms with Gasteiger partial charge in [-0.05, 0) is 26.7 Å². The normalized spacial score (nSPS) is 13.8. The molecule has 0 aromatic carbocycles. The maximum atomic E-state index is 12.4. The van der Waals surface area contributed by atoms with Gasteiger partial charge in [-0.15, -0.1) is 0 Å². The molecule has 0 fully saturated rings. The molecule has 28 heavy (non-hydrogen) atoms. The quantitative estimate of drug-likeness (QED) is 0.182. The van der Waals surface area contributed by atoms with E-state index in [1.165, 1.54) is 0 Å². The number of carbonyl (C=O) groups excluding carboxylic acids is 2. The van der Waals surface area contributed by atoms with Crippen molar-refractivity contribution in [2.24, 2.45) is 11.3 Å². The average molecular weight is 424 g/mol. The van der Waals surface area contributed by atoms with Gasteiger partial charge >= 0.3 is 11.9 Å². The summed E-state index contributed by atoms with van der Waals surface area (Å²) in [5.41, 5.74) is -0.822. The monoisotopic (exact) mass is 423 g/mol. The van der Waals surface area contributed by atoms with E-state index in [0.717, 1.165) is 12.8 Å². The zero-order valence-electron chi connectivity index (χ0n) is 18.2. The van der Waals surface area contributed by atoms with E-state index in [-0.39, 0.29) is 25.0 Å². The van der Waals surface area contributed by atoms with Crippen LogP contribution in [0.25, 0.3) is 0 Å². The molecule has 0 bridgehead atoms.